The molecule has 28 heavy (non-hydrogen) atoms. The molecule has 1 amide bonds. The standard InChI is InChI=1S/C22H17F2NO3/c1-12(21(26)25-19-10-8-15(23)11-18(19)24)28-22(27)17-9-7-14-6-5-13-3-2-4-16(17)20(13)14/h2-4,7-12H,5-6H2,1H3,(H,25,26). The van der Waals surface area contributed by atoms with E-state index in [-0.39, 0.29) is 5.69 Å². The molecule has 1 unspecified atom stereocenters. The monoisotopic (exact) mass is 381 g/mol. The van der Waals surface area contributed by atoms with Crippen LogP contribution in [0, 0.1) is 11.6 Å². The Hall–Kier alpha value is -3.28. The molecule has 6 heteroatoms. The molecule has 1 aliphatic carbocycles. The van der Waals surface area contributed by atoms with Crippen LogP contribution in [0.25, 0.3) is 10.8 Å². The van der Waals surface area contributed by atoms with Crippen molar-refractivity contribution in [1.82, 2.24) is 0 Å². The number of carbonyl (C=O) groups is 2. The number of rotatable bonds is 4. The summed E-state index contributed by atoms with van der Waals surface area (Å²) < 4.78 is 32.0. The Morgan fingerprint density at radius 2 is 1.79 bits per heavy atom. The predicted octanol–water partition coefficient (Wildman–Crippen LogP) is 4.40. The Kier molecular flexibility index (Phi) is 4.55. The van der Waals surface area contributed by atoms with Crippen LogP contribution in [0.2, 0.25) is 0 Å². The Labute approximate surface area is 160 Å². The van der Waals surface area contributed by atoms with Gasteiger partial charge < -0.3 is 10.1 Å². The van der Waals surface area contributed by atoms with Crippen LogP contribution in [0.4, 0.5) is 14.5 Å². The number of aryl methyl sites for hydroxylation is 2. The molecule has 142 valence electrons. The molecular weight excluding hydrogens is 364 g/mol. The van der Waals surface area contributed by atoms with E-state index in [0.717, 1.165) is 35.7 Å². The molecule has 0 aliphatic heterocycles. The van der Waals surface area contributed by atoms with E-state index in [2.05, 4.69) is 5.32 Å². The molecule has 0 spiro atoms. The molecule has 1 N–H and O–H groups in total. The van der Waals surface area contributed by atoms with Crippen molar-refractivity contribution in [2.24, 2.45) is 0 Å². The van der Waals surface area contributed by atoms with E-state index in [4.69, 9.17) is 4.74 Å². The van der Waals surface area contributed by atoms with Crippen molar-refractivity contribution in [2.75, 3.05) is 5.32 Å². The van der Waals surface area contributed by atoms with E-state index < -0.39 is 29.6 Å². The summed E-state index contributed by atoms with van der Waals surface area (Å²) in [5.74, 6) is -2.98. The number of hydrogen-bond acceptors (Lipinski definition) is 3. The molecule has 4 nitrogen and oxygen atoms in total. The topological polar surface area (TPSA) is 55.4 Å². The Bertz CT molecular complexity index is 1100. The molecule has 0 saturated heterocycles. The number of benzene rings is 3. The minimum Gasteiger partial charge on any atom is -0.449 e. The molecule has 0 aromatic heterocycles. The van der Waals surface area contributed by atoms with Crippen LogP contribution in [0.5, 0.6) is 0 Å². The van der Waals surface area contributed by atoms with E-state index in [1.54, 1.807) is 6.07 Å². The maximum Gasteiger partial charge on any atom is 0.339 e. The van der Waals surface area contributed by atoms with Crippen LogP contribution >= 0.6 is 0 Å². The molecule has 4 rings (SSSR count). The average Bonchev–Trinajstić information content (AvgIpc) is 3.09. The van der Waals surface area contributed by atoms with Crippen LogP contribution in [0.3, 0.4) is 0 Å². The van der Waals surface area contributed by atoms with Gasteiger partial charge in [0.1, 0.15) is 11.6 Å². The summed E-state index contributed by atoms with van der Waals surface area (Å²) in [7, 11) is 0. The molecule has 0 radical (unpaired) electrons. The van der Waals surface area contributed by atoms with Gasteiger partial charge in [0.25, 0.3) is 5.91 Å². The van der Waals surface area contributed by atoms with Gasteiger partial charge in [0.15, 0.2) is 6.10 Å². The summed E-state index contributed by atoms with van der Waals surface area (Å²) >= 11 is 0. The molecular formula is C22H17F2NO3. The van der Waals surface area contributed by atoms with Gasteiger partial charge in [-0.1, -0.05) is 24.3 Å². The number of ether oxygens (including phenoxy) is 1. The summed E-state index contributed by atoms with van der Waals surface area (Å²) in [5, 5.41) is 4.17. The van der Waals surface area contributed by atoms with Gasteiger partial charge in [0.2, 0.25) is 0 Å². The fourth-order valence-electron chi connectivity index (χ4n) is 3.53. The third kappa shape index (κ3) is 3.22. The van der Waals surface area contributed by atoms with E-state index >= 15 is 0 Å². The van der Waals surface area contributed by atoms with Crippen molar-refractivity contribution >= 4 is 28.3 Å². The molecule has 0 heterocycles. The number of nitrogens with one attached hydrogen (secondary N) is 1. The molecule has 1 aliphatic rings. The number of hydrogen-bond donors (Lipinski definition) is 1. The maximum atomic E-state index is 13.7. The van der Waals surface area contributed by atoms with Crippen molar-refractivity contribution in [3.63, 3.8) is 0 Å². The van der Waals surface area contributed by atoms with Gasteiger partial charge in [-0.25, -0.2) is 13.6 Å². The normalized spacial score (nSPS) is 13.4. The second-order valence-electron chi connectivity index (χ2n) is 6.77. The quantitative estimate of drug-likeness (QED) is 0.682. The fourth-order valence-corrected chi connectivity index (χ4v) is 3.53. The number of esters is 1. The lowest BCUT2D eigenvalue weighted by atomic mass is 10.00. The van der Waals surface area contributed by atoms with Crippen LogP contribution in [-0.2, 0) is 22.4 Å². The zero-order chi connectivity index (χ0) is 19.8. The molecule has 3 aromatic rings. The molecule has 0 fully saturated rings. The molecule has 1 atom stereocenters. The number of halogens is 2. The largest absolute Gasteiger partial charge is 0.449 e. The molecule has 3 aromatic carbocycles. The van der Waals surface area contributed by atoms with E-state index in [1.807, 2.05) is 24.3 Å². The summed E-state index contributed by atoms with van der Waals surface area (Å²) in [5.41, 5.74) is 2.59. The summed E-state index contributed by atoms with van der Waals surface area (Å²) in [6, 6.07) is 12.2. The van der Waals surface area contributed by atoms with Crippen LogP contribution < -0.4 is 5.32 Å². The van der Waals surface area contributed by atoms with Gasteiger partial charge in [-0.05, 0) is 59.9 Å². The minimum atomic E-state index is -1.15. The van der Waals surface area contributed by atoms with E-state index in [1.165, 1.54) is 18.1 Å². The Balaban J connectivity index is 1.52. The SMILES string of the molecule is CC(OC(=O)c1ccc2c3c(cccc13)CC2)C(=O)Nc1ccc(F)cc1F. The van der Waals surface area contributed by atoms with Crippen LogP contribution in [0.15, 0.2) is 48.5 Å². The van der Waals surface area contributed by atoms with E-state index in [9.17, 15) is 18.4 Å². The lowest BCUT2D eigenvalue weighted by molar-refractivity contribution is -0.123. The zero-order valence-corrected chi connectivity index (χ0v) is 15.1. The highest BCUT2D eigenvalue weighted by Crippen LogP contribution is 2.33. The third-order valence-corrected chi connectivity index (χ3v) is 4.94. The van der Waals surface area contributed by atoms with Crippen molar-refractivity contribution in [3.8, 4) is 0 Å². The maximum absolute atomic E-state index is 13.7. The summed E-state index contributed by atoms with van der Waals surface area (Å²) in [4.78, 5) is 24.9. The highest BCUT2D eigenvalue weighted by Gasteiger charge is 2.23. The van der Waals surface area contributed by atoms with Crippen molar-refractivity contribution in [1.29, 1.82) is 0 Å². The first-order chi connectivity index (χ1) is 13.4. The smallest absolute Gasteiger partial charge is 0.339 e. The zero-order valence-electron chi connectivity index (χ0n) is 15.1. The molecule has 0 saturated carbocycles. The van der Waals surface area contributed by atoms with Gasteiger partial charge >= 0.3 is 5.97 Å². The highest BCUT2D eigenvalue weighted by atomic mass is 19.1. The second-order valence-corrected chi connectivity index (χ2v) is 6.77. The van der Waals surface area contributed by atoms with Crippen molar-refractivity contribution < 1.29 is 23.1 Å². The van der Waals surface area contributed by atoms with Gasteiger partial charge in [0, 0.05) is 6.07 Å². The summed E-state index contributed by atoms with van der Waals surface area (Å²) in [6.07, 6.45) is 0.723. The first-order valence-electron chi connectivity index (χ1n) is 8.94. The van der Waals surface area contributed by atoms with E-state index in [0.29, 0.717) is 11.6 Å². The highest BCUT2D eigenvalue weighted by molar-refractivity contribution is 6.08. The Morgan fingerprint density at radius 3 is 2.54 bits per heavy atom. The van der Waals surface area contributed by atoms with Crippen molar-refractivity contribution in [3.05, 3.63) is 76.9 Å². The van der Waals surface area contributed by atoms with Crippen LogP contribution in [0.1, 0.15) is 28.4 Å². The number of amides is 1. The Morgan fingerprint density at radius 1 is 1.04 bits per heavy atom. The minimum absolute atomic E-state index is 0.181. The van der Waals surface area contributed by atoms with Gasteiger partial charge in [-0.3, -0.25) is 4.79 Å². The first-order valence-corrected chi connectivity index (χ1v) is 8.94. The van der Waals surface area contributed by atoms with Crippen molar-refractivity contribution in [2.45, 2.75) is 25.9 Å². The third-order valence-electron chi connectivity index (χ3n) is 4.94. The van der Waals surface area contributed by atoms with Gasteiger partial charge in [-0.2, -0.15) is 0 Å². The van der Waals surface area contributed by atoms with Gasteiger partial charge in [-0.15, -0.1) is 0 Å². The fraction of sp³-hybridized carbons (Fsp3) is 0.182. The average molecular weight is 381 g/mol. The number of anilines is 1. The number of carbonyl (C=O) groups excluding carboxylic acids is 2. The lowest BCUT2D eigenvalue weighted by Crippen LogP contribution is -2.30. The van der Waals surface area contributed by atoms with Gasteiger partial charge in [0.05, 0.1) is 11.3 Å². The first kappa shape index (κ1) is 18.1. The summed E-state index contributed by atoms with van der Waals surface area (Å²) in [6.45, 7) is 1.40. The second kappa shape index (κ2) is 7.03. The predicted molar refractivity (Wildman–Crippen MR) is 101 cm³/mol. The van der Waals surface area contributed by atoms with Crippen LogP contribution in [-0.4, -0.2) is 18.0 Å². The lowest BCUT2D eigenvalue weighted by Gasteiger charge is -2.15. The molecule has 0 bridgehead atoms.